The molecule has 21 heavy (non-hydrogen) atoms. The van der Waals surface area contributed by atoms with E-state index in [1.165, 1.54) is 16.8 Å². The second kappa shape index (κ2) is 6.20. The maximum atomic E-state index is 3.61. The molecule has 1 heterocycles. The van der Waals surface area contributed by atoms with E-state index in [-0.39, 0.29) is 0 Å². The first-order chi connectivity index (χ1) is 10.1. The van der Waals surface area contributed by atoms with E-state index in [1.54, 1.807) is 0 Å². The van der Waals surface area contributed by atoms with Crippen molar-refractivity contribution in [1.29, 1.82) is 0 Å². The van der Waals surface area contributed by atoms with Gasteiger partial charge in [-0.1, -0.05) is 46.3 Å². The summed E-state index contributed by atoms with van der Waals surface area (Å²) in [7, 11) is 0. The molecule has 3 rings (SSSR count). The normalized spacial score (nSPS) is 22.3. The number of hydrogen-bond acceptors (Lipinski definition) is 2. The van der Waals surface area contributed by atoms with Gasteiger partial charge < -0.3 is 10.2 Å². The molecule has 2 unspecified atom stereocenters. The number of nitrogens with one attached hydrogen (secondary N) is 1. The van der Waals surface area contributed by atoms with Crippen molar-refractivity contribution < 1.29 is 0 Å². The van der Waals surface area contributed by atoms with Crippen LogP contribution in [0.3, 0.4) is 0 Å². The summed E-state index contributed by atoms with van der Waals surface area (Å²) in [6.45, 7) is 6.46. The Bertz CT molecular complexity index is 612. The molecule has 0 radical (unpaired) electrons. The number of rotatable bonds is 2. The number of benzene rings is 2. The Kier molecular flexibility index (Phi) is 4.32. The van der Waals surface area contributed by atoms with E-state index < -0.39 is 0 Å². The Hall–Kier alpha value is -1.32. The third kappa shape index (κ3) is 3.14. The Morgan fingerprint density at radius 2 is 1.90 bits per heavy atom. The van der Waals surface area contributed by atoms with Gasteiger partial charge in [0.2, 0.25) is 0 Å². The molecule has 1 N–H and O–H groups in total. The smallest absolute Gasteiger partial charge is 0.0667 e. The van der Waals surface area contributed by atoms with Gasteiger partial charge in [0.25, 0.3) is 0 Å². The average Bonchev–Trinajstić information content (AvgIpc) is 2.48. The molecule has 0 bridgehead atoms. The monoisotopic (exact) mass is 344 g/mol. The highest BCUT2D eigenvalue weighted by molar-refractivity contribution is 9.10. The lowest BCUT2D eigenvalue weighted by Crippen LogP contribution is -2.51. The molecule has 3 heteroatoms. The molecular formula is C18H21BrN2. The molecule has 2 nitrogen and oxygen atoms in total. The van der Waals surface area contributed by atoms with Crippen LogP contribution in [0.4, 0.5) is 5.69 Å². The quantitative estimate of drug-likeness (QED) is 0.873. The van der Waals surface area contributed by atoms with Crippen LogP contribution in [0.2, 0.25) is 0 Å². The highest BCUT2D eigenvalue weighted by atomic mass is 79.9. The summed E-state index contributed by atoms with van der Waals surface area (Å²) in [5.74, 6) is 0. The van der Waals surface area contributed by atoms with Crippen molar-refractivity contribution in [2.75, 3.05) is 18.0 Å². The fourth-order valence-corrected chi connectivity index (χ4v) is 3.57. The van der Waals surface area contributed by atoms with Crippen LogP contribution in [-0.2, 0) is 0 Å². The van der Waals surface area contributed by atoms with Crippen LogP contribution in [0.25, 0.3) is 0 Å². The molecule has 0 amide bonds. The molecule has 1 saturated heterocycles. The molecule has 1 fully saturated rings. The molecule has 1 aliphatic heterocycles. The molecule has 0 aromatic heterocycles. The molecule has 0 saturated carbocycles. The zero-order valence-corrected chi connectivity index (χ0v) is 14.1. The maximum absolute atomic E-state index is 3.61. The minimum atomic E-state index is 0.391. The summed E-state index contributed by atoms with van der Waals surface area (Å²) in [4.78, 5) is 2.54. The van der Waals surface area contributed by atoms with Gasteiger partial charge in [-0.05, 0) is 43.2 Å². The zero-order chi connectivity index (χ0) is 14.8. The lowest BCUT2D eigenvalue weighted by molar-refractivity contribution is 0.416. The second-order valence-corrected chi connectivity index (χ2v) is 6.73. The highest BCUT2D eigenvalue weighted by Crippen LogP contribution is 2.32. The van der Waals surface area contributed by atoms with Gasteiger partial charge >= 0.3 is 0 Å². The lowest BCUT2D eigenvalue weighted by atomic mass is 9.99. The maximum Gasteiger partial charge on any atom is 0.0667 e. The number of aryl methyl sites for hydroxylation is 1. The van der Waals surface area contributed by atoms with Crippen LogP contribution < -0.4 is 10.2 Å². The van der Waals surface area contributed by atoms with Crippen molar-refractivity contribution in [3.8, 4) is 0 Å². The number of hydrogen-bond donors (Lipinski definition) is 1. The third-order valence-corrected chi connectivity index (χ3v) is 4.65. The minimum Gasteiger partial charge on any atom is -0.361 e. The largest absolute Gasteiger partial charge is 0.361 e. The van der Waals surface area contributed by atoms with E-state index in [4.69, 9.17) is 0 Å². The fourth-order valence-electron chi connectivity index (χ4n) is 3.09. The van der Waals surface area contributed by atoms with Crippen LogP contribution in [0.5, 0.6) is 0 Å². The van der Waals surface area contributed by atoms with E-state index in [0.717, 1.165) is 17.6 Å². The van der Waals surface area contributed by atoms with Crippen molar-refractivity contribution in [1.82, 2.24) is 5.32 Å². The Labute approximate surface area is 135 Å². The van der Waals surface area contributed by atoms with Crippen LogP contribution in [0.1, 0.15) is 24.1 Å². The third-order valence-electron chi connectivity index (χ3n) is 4.16. The SMILES string of the molecule is Cc1cc(Br)ccc1N1CC(C)NCC1c1ccccc1. The van der Waals surface area contributed by atoms with Crippen molar-refractivity contribution >= 4 is 21.6 Å². The standard InChI is InChI=1S/C18H21BrN2/c1-13-10-16(19)8-9-17(13)21-12-14(2)20-11-18(21)15-6-4-3-5-7-15/h3-10,14,18,20H,11-12H2,1-2H3. The van der Waals surface area contributed by atoms with Gasteiger partial charge in [-0.2, -0.15) is 0 Å². The van der Waals surface area contributed by atoms with E-state index in [1.807, 2.05) is 0 Å². The van der Waals surface area contributed by atoms with Gasteiger partial charge in [-0.15, -0.1) is 0 Å². The van der Waals surface area contributed by atoms with E-state index in [0.29, 0.717) is 12.1 Å². The van der Waals surface area contributed by atoms with Crippen molar-refractivity contribution in [2.24, 2.45) is 0 Å². The zero-order valence-electron chi connectivity index (χ0n) is 12.5. The fraction of sp³-hybridized carbons (Fsp3) is 0.333. The van der Waals surface area contributed by atoms with Crippen LogP contribution in [0.15, 0.2) is 53.0 Å². The molecule has 0 aliphatic carbocycles. The molecule has 2 atom stereocenters. The Morgan fingerprint density at radius 1 is 1.14 bits per heavy atom. The lowest BCUT2D eigenvalue weighted by Gasteiger charge is -2.42. The number of nitrogens with zero attached hydrogens (tertiary/aromatic N) is 1. The van der Waals surface area contributed by atoms with Crippen LogP contribution in [-0.4, -0.2) is 19.1 Å². The van der Waals surface area contributed by atoms with E-state index in [9.17, 15) is 0 Å². The number of anilines is 1. The second-order valence-electron chi connectivity index (χ2n) is 5.82. The van der Waals surface area contributed by atoms with Gasteiger partial charge in [-0.3, -0.25) is 0 Å². The first-order valence-corrected chi connectivity index (χ1v) is 8.25. The summed E-state index contributed by atoms with van der Waals surface area (Å²) in [5, 5.41) is 3.61. The Balaban J connectivity index is 1.98. The molecule has 2 aromatic rings. The summed E-state index contributed by atoms with van der Waals surface area (Å²) in [6.07, 6.45) is 0. The predicted molar refractivity (Wildman–Crippen MR) is 92.9 cm³/mol. The molecule has 110 valence electrons. The highest BCUT2D eigenvalue weighted by Gasteiger charge is 2.27. The van der Waals surface area contributed by atoms with Gasteiger partial charge in [0.15, 0.2) is 0 Å². The summed E-state index contributed by atoms with van der Waals surface area (Å²) in [6, 6.07) is 18.2. The number of piperazine rings is 1. The molecule has 2 aromatic carbocycles. The first-order valence-electron chi connectivity index (χ1n) is 7.46. The van der Waals surface area contributed by atoms with E-state index >= 15 is 0 Å². The first kappa shape index (κ1) is 14.6. The molecular weight excluding hydrogens is 324 g/mol. The van der Waals surface area contributed by atoms with Crippen molar-refractivity contribution in [2.45, 2.75) is 25.9 Å². The summed E-state index contributed by atoms with van der Waals surface area (Å²) >= 11 is 3.56. The average molecular weight is 345 g/mol. The van der Waals surface area contributed by atoms with E-state index in [2.05, 4.69) is 88.5 Å². The van der Waals surface area contributed by atoms with Crippen LogP contribution >= 0.6 is 15.9 Å². The topological polar surface area (TPSA) is 15.3 Å². The minimum absolute atomic E-state index is 0.391. The molecule has 0 spiro atoms. The van der Waals surface area contributed by atoms with Crippen molar-refractivity contribution in [3.05, 3.63) is 64.1 Å². The van der Waals surface area contributed by atoms with Gasteiger partial charge in [0.1, 0.15) is 0 Å². The summed E-state index contributed by atoms with van der Waals surface area (Å²) < 4.78 is 1.14. The van der Waals surface area contributed by atoms with Crippen LogP contribution in [0, 0.1) is 6.92 Å². The van der Waals surface area contributed by atoms with Gasteiger partial charge in [0.05, 0.1) is 6.04 Å². The molecule has 1 aliphatic rings. The van der Waals surface area contributed by atoms with Gasteiger partial charge in [-0.25, -0.2) is 0 Å². The van der Waals surface area contributed by atoms with Gasteiger partial charge in [0, 0.05) is 29.3 Å². The Morgan fingerprint density at radius 3 is 2.62 bits per heavy atom. The predicted octanol–water partition coefficient (Wildman–Crippen LogP) is 4.30. The summed E-state index contributed by atoms with van der Waals surface area (Å²) in [5.41, 5.74) is 4.03. The van der Waals surface area contributed by atoms with Crippen molar-refractivity contribution in [3.63, 3.8) is 0 Å². The number of halogens is 1.